The van der Waals surface area contributed by atoms with Gasteiger partial charge in [-0.15, -0.1) is 0 Å². The van der Waals surface area contributed by atoms with Gasteiger partial charge in [-0.05, 0) is 30.2 Å². The van der Waals surface area contributed by atoms with Crippen LogP contribution in [0.3, 0.4) is 0 Å². The highest BCUT2D eigenvalue weighted by Crippen LogP contribution is 2.09. The van der Waals surface area contributed by atoms with Gasteiger partial charge in [0.15, 0.2) is 0 Å². The van der Waals surface area contributed by atoms with Gasteiger partial charge in [-0.3, -0.25) is 4.79 Å². The first kappa shape index (κ1) is 13.6. The van der Waals surface area contributed by atoms with Gasteiger partial charge >= 0.3 is 0 Å². The van der Waals surface area contributed by atoms with E-state index in [9.17, 15) is 13.6 Å². The zero-order chi connectivity index (χ0) is 12.8. The third-order valence-corrected chi connectivity index (χ3v) is 2.50. The van der Waals surface area contributed by atoms with Gasteiger partial charge in [0.25, 0.3) is 0 Å². The minimum Gasteiger partial charge on any atom is -0.355 e. The van der Waals surface area contributed by atoms with Gasteiger partial charge < -0.3 is 11.1 Å². The molecule has 0 aromatic heterocycles. The molecule has 1 atom stereocenters. The van der Waals surface area contributed by atoms with Crippen LogP contribution in [-0.2, 0) is 11.2 Å². The van der Waals surface area contributed by atoms with Crippen molar-refractivity contribution in [3.05, 3.63) is 35.4 Å². The number of hydrogen-bond acceptors (Lipinski definition) is 2. The molecule has 0 aliphatic rings. The van der Waals surface area contributed by atoms with Gasteiger partial charge in [0.05, 0.1) is 0 Å². The summed E-state index contributed by atoms with van der Waals surface area (Å²) in [5.41, 5.74) is 5.58. The standard InChI is InChI=1S/C12H16F2N2O/c1-8(7-15)12(17)16-5-4-9-6-10(13)2-3-11(9)14/h2-3,6,8H,4-5,7,15H2,1H3,(H,16,17). The molecule has 94 valence electrons. The van der Waals surface area contributed by atoms with Crippen LogP contribution in [-0.4, -0.2) is 19.0 Å². The second kappa shape index (κ2) is 6.30. The molecule has 0 spiro atoms. The van der Waals surface area contributed by atoms with E-state index < -0.39 is 11.6 Å². The molecule has 1 aromatic rings. The van der Waals surface area contributed by atoms with Crippen molar-refractivity contribution in [1.82, 2.24) is 5.32 Å². The number of benzene rings is 1. The average Bonchev–Trinajstić information content (AvgIpc) is 2.32. The van der Waals surface area contributed by atoms with Gasteiger partial charge in [0.1, 0.15) is 11.6 Å². The first-order valence-corrected chi connectivity index (χ1v) is 5.46. The molecule has 17 heavy (non-hydrogen) atoms. The molecule has 1 unspecified atom stereocenters. The number of nitrogens with two attached hydrogens (primary N) is 1. The van der Waals surface area contributed by atoms with E-state index in [0.717, 1.165) is 18.2 Å². The topological polar surface area (TPSA) is 55.1 Å². The van der Waals surface area contributed by atoms with E-state index in [0.29, 0.717) is 0 Å². The van der Waals surface area contributed by atoms with Crippen LogP contribution in [0.5, 0.6) is 0 Å². The van der Waals surface area contributed by atoms with Gasteiger partial charge in [-0.2, -0.15) is 0 Å². The lowest BCUT2D eigenvalue weighted by Gasteiger charge is -2.10. The summed E-state index contributed by atoms with van der Waals surface area (Å²) in [5, 5.41) is 2.62. The smallest absolute Gasteiger partial charge is 0.224 e. The van der Waals surface area contributed by atoms with Crippen LogP contribution in [0.4, 0.5) is 8.78 Å². The Morgan fingerprint density at radius 3 is 2.82 bits per heavy atom. The van der Waals surface area contributed by atoms with Crippen LogP contribution in [0.25, 0.3) is 0 Å². The summed E-state index contributed by atoms with van der Waals surface area (Å²) in [6.07, 6.45) is 0.257. The van der Waals surface area contributed by atoms with Crippen molar-refractivity contribution in [3.8, 4) is 0 Å². The van der Waals surface area contributed by atoms with E-state index in [1.165, 1.54) is 0 Å². The average molecular weight is 242 g/mol. The maximum absolute atomic E-state index is 13.2. The van der Waals surface area contributed by atoms with E-state index in [1.54, 1.807) is 6.92 Å². The van der Waals surface area contributed by atoms with Crippen molar-refractivity contribution >= 4 is 5.91 Å². The Balaban J connectivity index is 2.46. The van der Waals surface area contributed by atoms with Crippen LogP contribution < -0.4 is 11.1 Å². The van der Waals surface area contributed by atoms with Crippen molar-refractivity contribution in [2.75, 3.05) is 13.1 Å². The fourth-order valence-electron chi connectivity index (χ4n) is 1.34. The lowest BCUT2D eigenvalue weighted by Crippen LogP contribution is -2.34. The molecule has 1 aromatic carbocycles. The van der Waals surface area contributed by atoms with Crippen molar-refractivity contribution in [1.29, 1.82) is 0 Å². The molecule has 0 saturated heterocycles. The monoisotopic (exact) mass is 242 g/mol. The van der Waals surface area contributed by atoms with Crippen LogP contribution in [0.1, 0.15) is 12.5 Å². The molecule has 0 radical (unpaired) electrons. The number of amides is 1. The molecular weight excluding hydrogens is 226 g/mol. The van der Waals surface area contributed by atoms with E-state index in [4.69, 9.17) is 5.73 Å². The first-order chi connectivity index (χ1) is 8.04. The third kappa shape index (κ3) is 4.11. The Morgan fingerprint density at radius 1 is 1.47 bits per heavy atom. The molecule has 0 bridgehead atoms. The molecule has 1 amide bonds. The Hall–Kier alpha value is -1.49. The van der Waals surface area contributed by atoms with Crippen molar-refractivity contribution in [2.24, 2.45) is 11.7 Å². The third-order valence-electron chi connectivity index (χ3n) is 2.50. The molecule has 0 aliphatic carbocycles. The summed E-state index contributed by atoms with van der Waals surface area (Å²) in [7, 11) is 0. The summed E-state index contributed by atoms with van der Waals surface area (Å²) < 4.78 is 26.1. The SMILES string of the molecule is CC(CN)C(=O)NCCc1cc(F)ccc1F. The zero-order valence-corrected chi connectivity index (χ0v) is 9.67. The van der Waals surface area contributed by atoms with Crippen LogP contribution in [0.2, 0.25) is 0 Å². The van der Waals surface area contributed by atoms with Crippen LogP contribution in [0.15, 0.2) is 18.2 Å². The van der Waals surface area contributed by atoms with Crippen molar-refractivity contribution < 1.29 is 13.6 Å². The highest BCUT2D eigenvalue weighted by Gasteiger charge is 2.10. The summed E-state index contributed by atoms with van der Waals surface area (Å²) in [5.74, 6) is -1.40. The molecule has 0 fully saturated rings. The first-order valence-electron chi connectivity index (χ1n) is 5.46. The van der Waals surface area contributed by atoms with Crippen LogP contribution >= 0.6 is 0 Å². The second-order valence-electron chi connectivity index (χ2n) is 3.91. The number of halogens is 2. The molecule has 0 saturated carbocycles. The Morgan fingerprint density at radius 2 is 2.18 bits per heavy atom. The number of hydrogen-bond donors (Lipinski definition) is 2. The predicted molar refractivity (Wildman–Crippen MR) is 61.3 cm³/mol. The second-order valence-corrected chi connectivity index (χ2v) is 3.91. The van der Waals surface area contributed by atoms with Gasteiger partial charge in [-0.25, -0.2) is 8.78 Å². The molecule has 3 N–H and O–H groups in total. The number of rotatable bonds is 5. The Labute approximate surface area is 99.0 Å². The molecular formula is C12H16F2N2O. The quantitative estimate of drug-likeness (QED) is 0.815. The molecule has 0 aliphatic heterocycles. The Kier molecular flexibility index (Phi) is 5.03. The Bertz CT molecular complexity index is 396. The van der Waals surface area contributed by atoms with E-state index in [-0.39, 0.29) is 36.9 Å². The van der Waals surface area contributed by atoms with E-state index in [1.807, 2.05) is 0 Å². The maximum Gasteiger partial charge on any atom is 0.224 e. The molecule has 5 heteroatoms. The minimum atomic E-state index is -0.483. The molecule has 1 rings (SSSR count). The largest absolute Gasteiger partial charge is 0.355 e. The normalized spacial score (nSPS) is 12.2. The summed E-state index contributed by atoms with van der Waals surface area (Å²) in [6.45, 7) is 2.24. The van der Waals surface area contributed by atoms with Gasteiger partial charge in [0, 0.05) is 19.0 Å². The van der Waals surface area contributed by atoms with E-state index >= 15 is 0 Å². The van der Waals surface area contributed by atoms with Gasteiger partial charge in [-0.1, -0.05) is 6.92 Å². The van der Waals surface area contributed by atoms with E-state index in [2.05, 4.69) is 5.32 Å². The summed E-state index contributed by atoms with van der Waals surface area (Å²) in [6, 6.07) is 3.27. The lowest BCUT2D eigenvalue weighted by atomic mass is 10.1. The van der Waals surface area contributed by atoms with Crippen molar-refractivity contribution in [2.45, 2.75) is 13.3 Å². The zero-order valence-electron chi connectivity index (χ0n) is 9.67. The van der Waals surface area contributed by atoms with Gasteiger partial charge in [0.2, 0.25) is 5.91 Å². The van der Waals surface area contributed by atoms with Crippen molar-refractivity contribution in [3.63, 3.8) is 0 Å². The minimum absolute atomic E-state index is 0.177. The number of carbonyl (C=O) groups is 1. The number of carbonyl (C=O) groups excluding carboxylic acids is 1. The number of nitrogens with one attached hydrogen (secondary N) is 1. The highest BCUT2D eigenvalue weighted by atomic mass is 19.1. The predicted octanol–water partition coefficient (Wildman–Crippen LogP) is 1.22. The maximum atomic E-state index is 13.2. The fraction of sp³-hybridized carbons (Fsp3) is 0.417. The van der Waals surface area contributed by atoms with Crippen LogP contribution in [0, 0.1) is 17.6 Å². The summed E-state index contributed by atoms with van der Waals surface area (Å²) >= 11 is 0. The molecule has 0 heterocycles. The summed E-state index contributed by atoms with van der Waals surface area (Å²) in [4.78, 5) is 11.4. The molecule has 3 nitrogen and oxygen atoms in total. The lowest BCUT2D eigenvalue weighted by molar-refractivity contribution is -0.124. The highest BCUT2D eigenvalue weighted by molar-refractivity contribution is 5.78. The fourth-order valence-corrected chi connectivity index (χ4v) is 1.34.